The Hall–Kier alpha value is -0.980. The van der Waals surface area contributed by atoms with Crippen molar-refractivity contribution < 1.29 is 5.11 Å². The lowest BCUT2D eigenvalue weighted by Gasteiger charge is -2.25. The molecule has 1 nitrogen and oxygen atoms in total. The maximum atomic E-state index is 10.5. The van der Waals surface area contributed by atoms with E-state index in [2.05, 4.69) is 12.1 Å². The van der Waals surface area contributed by atoms with Crippen molar-refractivity contribution >= 4 is 0 Å². The Kier molecular flexibility index (Phi) is 5.22. The van der Waals surface area contributed by atoms with Crippen LogP contribution in [0.1, 0.15) is 100 Å². The van der Waals surface area contributed by atoms with E-state index in [-0.39, 0.29) is 0 Å². The second-order valence-electron chi connectivity index (χ2n) is 7.16. The number of phenolic OH excluding ortho intramolecular Hbond substituents is 1. The van der Waals surface area contributed by atoms with Gasteiger partial charge in [0.25, 0.3) is 0 Å². The molecule has 2 fully saturated rings. The fourth-order valence-corrected chi connectivity index (χ4v) is 4.53. The van der Waals surface area contributed by atoms with Crippen molar-refractivity contribution in [2.24, 2.45) is 0 Å². The number of phenols is 1. The second kappa shape index (κ2) is 7.33. The molecule has 1 N–H and O–H groups in total. The summed E-state index contributed by atoms with van der Waals surface area (Å²) in [6, 6.07) is 6.30. The fraction of sp³-hybridized carbons (Fsp3) is 0.700. The molecule has 0 heterocycles. The van der Waals surface area contributed by atoms with Gasteiger partial charge in [-0.2, -0.15) is 0 Å². The minimum Gasteiger partial charge on any atom is -0.508 e. The summed E-state index contributed by atoms with van der Waals surface area (Å²) in [4.78, 5) is 0. The Morgan fingerprint density at radius 2 is 1.19 bits per heavy atom. The molecule has 0 radical (unpaired) electrons. The minimum absolute atomic E-state index is 0.573. The Bertz CT molecular complexity index is 435. The highest BCUT2D eigenvalue weighted by Gasteiger charge is 2.25. The van der Waals surface area contributed by atoms with Crippen molar-refractivity contribution in [1.82, 2.24) is 0 Å². The van der Waals surface area contributed by atoms with E-state index in [4.69, 9.17) is 0 Å². The summed E-state index contributed by atoms with van der Waals surface area (Å²) in [5, 5.41) is 10.5. The van der Waals surface area contributed by atoms with Gasteiger partial charge in [-0.3, -0.25) is 0 Å². The molecule has 2 aliphatic carbocycles. The molecule has 0 amide bonds. The molecule has 3 rings (SSSR count). The van der Waals surface area contributed by atoms with Crippen LogP contribution in [0.3, 0.4) is 0 Å². The molecule has 0 unspecified atom stereocenters. The van der Waals surface area contributed by atoms with Crippen LogP contribution in [0.2, 0.25) is 0 Å². The summed E-state index contributed by atoms with van der Waals surface area (Å²) in [6.07, 6.45) is 16.1. The Morgan fingerprint density at radius 3 is 1.76 bits per heavy atom. The summed E-state index contributed by atoms with van der Waals surface area (Å²) in [7, 11) is 0. The first-order valence-corrected chi connectivity index (χ1v) is 9.18. The first-order valence-electron chi connectivity index (χ1n) is 9.18. The molecular formula is C20H30O. The molecule has 2 aliphatic rings. The molecule has 21 heavy (non-hydrogen) atoms. The maximum Gasteiger partial charge on any atom is 0.119 e. The number of hydrogen-bond acceptors (Lipinski definition) is 1. The van der Waals surface area contributed by atoms with E-state index in [0.29, 0.717) is 17.6 Å². The summed E-state index contributed by atoms with van der Waals surface area (Å²) >= 11 is 0. The van der Waals surface area contributed by atoms with Crippen molar-refractivity contribution in [1.29, 1.82) is 0 Å². The van der Waals surface area contributed by atoms with E-state index in [1.165, 1.54) is 88.2 Å². The minimum atomic E-state index is 0.573. The lowest BCUT2D eigenvalue weighted by Crippen LogP contribution is -2.07. The zero-order valence-corrected chi connectivity index (χ0v) is 13.3. The van der Waals surface area contributed by atoms with Crippen LogP contribution in [-0.2, 0) is 0 Å². The van der Waals surface area contributed by atoms with Gasteiger partial charge in [-0.1, -0.05) is 63.5 Å². The second-order valence-corrected chi connectivity index (χ2v) is 7.16. The van der Waals surface area contributed by atoms with Crippen molar-refractivity contribution in [2.45, 2.75) is 88.9 Å². The third-order valence-corrected chi connectivity index (χ3v) is 5.68. The van der Waals surface area contributed by atoms with Crippen molar-refractivity contribution in [3.8, 4) is 5.75 Å². The molecule has 1 aromatic carbocycles. The Morgan fingerprint density at radius 1 is 0.667 bits per heavy atom. The van der Waals surface area contributed by atoms with Crippen LogP contribution in [0.15, 0.2) is 18.2 Å². The van der Waals surface area contributed by atoms with Gasteiger partial charge in [0.1, 0.15) is 5.75 Å². The molecule has 1 aromatic rings. The molecule has 0 aliphatic heterocycles. The van der Waals surface area contributed by atoms with E-state index in [9.17, 15) is 5.11 Å². The third kappa shape index (κ3) is 3.62. The average molecular weight is 286 g/mol. The number of hydrogen-bond donors (Lipinski definition) is 1. The largest absolute Gasteiger partial charge is 0.508 e. The number of rotatable bonds is 2. The van der Waals surface area contributed by atoms with Gasteiger partial charge in [0, 0.05) is 5.56 Å². The third-order valence-electron chi connectivity index (χ3n) is 5.68. The highest BCUT2D eigenvalue weighted by atomic mass is 16.3. The van der Waals surface area contributed by atoms with Crippen LogP contribution >= 0.6 is 0 Å². The van der Waals surface area contributed by atoms with Crippen LogP contribution in [0, 0.1) is 0 Å². The summed E-state index contributed by atoms with van der Waals surface area (Å²) in [6.45, 7) is 0. The lowest BCUT2D eigenvalue weighted by atomic mass is 9.81. The van der Waals surface area contributed by atoms with E-state index in [1.54, 1.807) is 0 Å². The van der Waals surface area contributed by atoms with Crippen LogP contribution in [0.5, 0.6) is 5.75 Å². The molecule has 116 valence electrons. The predicted octanol–water partition coefficient (Wildman–Crippen LogP) is 6.27. The molecular weight excluding hydrogens is 256 g/mol. The highest BCUT2D eigenvalue weighted by molar-refractivity contribution is 5.44. The standard InChI is InChI=1S/C20H30O/c21-19-15-9-14-18(16-10-5-1-2-6-11-16)20(19)17-12-7-3-4-8-13-17/h9,14-17,21H,1-8,10-13H2. The molecule has 0 spiro atoms. The van der Waals surface area contributed by atoms with Gasteiger partial charge in [-0.25, -0.2) is 0 Å². The van der Waals surface area contributed by atoms with Gasteiger partial charge >= 0.3 is 0 Å². The van der Waals surface area contributed by atoms with Crippen molar-refractivity contribution in [3.63, 3.8) is 0 Å². The van der Waals surface area contributed by atoms with Crippen molar-refractivity contribution in [2.75, 3.05) is 0 Å². The zero-order valence-electron chi connectivity index (χ0n) is 13.3. The normalized spacial score (nSPS) is 22.7. The Balaban J connectivity index is 1.90. The van der Waals surface area contributed by atoms with Gasteiger partial charge in [0.2, 0.25) is 0 Å². The van der Waals surface area contributed by atoms with Crippen LogP contribution in [0.25, 0.3) is 0 Å². The van der Waals surface area contributed by atoms with Gasteiger partial charge in [0.05, 0.1) is 0 Å². The average Bonchev–Trinajstić information content (AvgIpc) is 2.92. The molecule has 0 atom stereocenters. The van der Waals surface area contributed by atoms with Gasteiger partial charge in [-0.05, 0) is 49.1 Å². The van der Waals surface area contributed by atoms with Gasteiger partial charge in [-0.15, -0.1) is 0 Å². The lowest BCUT2D eigenvalue weighted by molar-refractivity contribution is 0.447. The van der Waals surface area contributed by atoms with E-state index in [0.717, 1.165) is 0 Å². The Labute approximate surface area is 129 Å². The molecule has 0 aromatic heterocycles. The van der Waals surface area contributed by atoms with Crippen LogP contribution in [-0.4, -0.2) is 5.11 Å². The molecule has 1 heteroatoms. The number of benzene rings is 1. The summed E-state index contributed by atoms with van der Waals surface area (Å²) < 4.78 is 0. The van der Waals surface area contributed by atoms with Crippen LogP contribution < -0.4 is 0 Å². The van der Waals surface area contributed by atoms with Crippen LogP contribution in [0.4, 0.5) is 0 Å². The van der Waals surface area contributed by atoms with E-state index >= 15 is 0 Å². The monoisotopic (exact) mass is 286 g/mol. The molecule has 0 saturated heterocycles. The first kappa shape index (κ1) is 14.9. The van der Waals surface area contributed by atoms with Gasteiger partial charge < -0.3 is 5.11 Å². The van der Waals surface area contributed by atoms with E-state index < -0.39 is 0 Å². The highest BCUT2D eigenvalue weighted by Crippen LogP contribution is 2.43. The topological polar surface area (TPSA) is 20.2 Å². The van der Waals surface area contributed by atoms with E-state index in [1.807, 2.05) is 6.07 Å². The van der Waals surface area contributed by atoms with Crippen molar-refractivity contribution in [3.05, 3.63) is 29.3 Å². The fourth-order valence-electron chi connectivity index (χ4n) is 4.53. The SMILES string of the molecule is Oc1cccc(C2CCCCCC2)c1C1CCCCCC1. The predicted molar refractivity (Wildman–Crippen MR) is 89.0 cm³/mol. The summed E-state index contributed by atoms with van der Waals surface area (Å²) in [5.74, 6) is 1.87. The molecule has 2 saturated carbocycles. The number of aromatic hydroxyl groups is 1. The maximum absolute atomic E-state index is 10.5. The summed E-state index contributed by atoms with van der Waals surface area (Å²) in [5.41, 5.74) is 2.81. The molecule has 0 bridgehead atoms. The first-order chi connectivity index (χ1) is 10.4. The van der Waals surface area contributed by atoms with Gasteiger partial charge in [0.15, 0.2) is 0 Å². The zero-order chi connectivity index (χ0) is 14.5. The smallest absolute Gasteiger partial charge is 0.119 e. The quantitative estimate of drug-likeness (QED) is 0.635.